The number of hydrogen-bond acceptors (Lipinski definition) is 4. The van der Waals surface area contributed by atoms with E-state index in [-0.39, 0.29) is 16.8 Å². The molecule has 4 aromatic rings. The van der Waals surface area contributed by atoms with Crippen LogP contribution in [0.1, 0.15) is 45.0 Å². The highest BCUT2D eigenvalue weighted by atomic mass is 79.9. The third kappa shape index (κ3) is 2.25. The van der Waals surface area contributed by atoms with E-state index >= 15 is 0 Å². The Bertz CT molecular complexity index is 1450. The fraction of sp³-hybridized carbons (Fsp3) is 0.296. The van der Waals surface area contributed by atoms with Crippen molar-refractivity contribution in [2.24, 2.45) is 5.41 Å². The Hall–Kier alpha value is -2.79. The zero-order chi connectivity index (χ0) is 22.3. The molecular weight excluding hydrogens is 464 g/mol. The molecule has 1 saturated carbocycles. The SMILES string of the molecule is CC12CCC(C(=O)Oc3ccc4ccccc4c3Br)(c3nc4ccccc4nc31)C2(C)C. The van der Waals surface area contributed by atoms with Crippen molar-refractivity contribution in [3.63, 3.8) is 0 Å². The number of benzene rings is 3. The number of hydrogen-bond donors (Lipinski definition) is 0. The van der Waals surface area contributed by atoms with Gasteiger partial charge in [0.2, 0.25) is 0 Å². The first kappa shape index (κ1) is 19.9. The van der Waals surface area contributed by atoms with Crippen molar-refractivity contribution in [2.75, 3.05) is 0 Å². The molecule has 2 aliphatic rings. The maximum Gasteiger partial charge on any atom is 0.324 e. The van der Waals surface area contributed by atoms with E-state index in [4.69, 9.17) is 14.7 Å². The Morgan fingerprint density at radius 2 is 1.53 bits per heavy atom. The standard InChI is InChI=1S/C27H23BrN2O2/c1-25(2)26(3)14-15-27(25,23-22(26)29-18-10-6-7-11-19(18)30-23)24(31)32-20-13-12-16-8-4-5-9-17(16)21(20)28/h4-13H,14-15H2,1-3H3. The van der Waals surface area contributed by atoms with Gasteiger partial charge in [-0.25, -0.2) is 9.97 Å². The number of halogens is 1. The van der Waals surface area contributed by atoms with Crippen molar-refractivity contribution in [1.29, 1.82) is 0 Å². The van der Waals surface area contributed by atoms with Crippen molar-refractivity contribution in [3.8, 4) is 5.75 Å². The Balaban J connectivity index is 1.52. The van der Waals surface area contributed by atoms with E-state index in [0.717, 1.165) is 44.1 Å². The zero-order valence-corrected chi connectivity index (χ0v) is 19.9. The van der Waals surface area contributed by atoms with E-state index in [1.807, 2.05) is 60.7 Å². The number of nitrogens with zero attached hydrogens (tertiary/aromatic N) is 2. The van der Waals surface area contributed by atoms with Gasteiger partial charge in [-0.05, 0) is 63.2 Å². The summed E-state index contributed by atoms with van der Waals surface area (Å²) >= 11 is 3.67. The van der Waals surface area contributed by atoms with Crippen LogP contribution in [0, 0.1) is 5.41 Å². The van der Waals surface area contributed by atoms with Crippen LogP contribution in [0.15, 0.2) is 65.1 Å². The van der Waals surface area contributed by atoms with Crippen LogP contribution in [0.25, 0.3) is 21.8 Å². The topological polar surface area (TPSA) is 52.1 Å². The number of ether oxygens (including phenoxy) is 1. The second kappa shape index (κ2) is 6.38. The first-order chi connectivity index (χ1) is 15.3. The Kier molecular flexibility index (Phi) is 3.96. The zero-order valence-electron chi connectivity index (χ0n) is 18.3. The van der Waals surface area contributed by atoms with Crippen molar-refractivity contribution in [2.45, 2.75) is 44.4 Å². The molecule has 2 unspecified atom stereocenters. The van der Waals surface area contributed by atoms with Gasteiger partial charge in [-0.1, -0.05) is 63.2 Å². The lowest BCUT2D eigenvalue weighted by Gasteiger charge is -2.38. The van der Waals surface area contributed by atoms with Crippen molar-refractivity contribution in [3.05, 3.63) is 76.5 Å². The maximum atomic E-state index is 14.0. The van der Waals surface area contributed by atoms with Crippen LogP contribution in [-0.2, 0) is 15.6 Å². The minimum atomic E-state index is -0.834. The molecule has 1 heterocycles. The van der Waals surface area contributed by atoms with Gasteiger partial charge in [-0.2, -0.15) is 0 Å². The van der Waals surface area contributed by atoms with Gasteiger partial charge in [0.15, 0.2) is 0 Å². The first-order valence-electron chi connectivity index (χ1n) is 11.0. The summed E-state index contributed by atoms with van der Waals surface area (Å²) in [7, 11) is 0. The summed E-state index contributed by atoms with van der Waals surface area (Å²) in [5, 5.41) is 2.11. The molecule has 6 rings (SSSR count). The van der Waals surface area contributed by atoms with Gasteiger partial charge in [0.1, 0.15) is 11.2 Å². The summed E-state index contributed by atoms with van der Waals surface area (Å²) in [6.07, 6.45) is 1.59. The molecule has 5 heteroatoms. The van der Waals surface area contributed by atoms with Gasteiger partial charge in [0.25, 0.3) is 0 Å². The Morgan fingerprint density at radius 3 is 2.28 bits per heavy atom. The van der Waals surface area contributed by atoms with Crippen LogP contribution in [-0.4, -0.2) is 15.9 Å². The van der Waals surface area contributed by atoms with E-state index in [1.54, 1.807) is 0 Å². The first-order valence-corrected chi connectivity index (χ1v) is 11.8. The van der Waals surface area contributed by atoms with Gasteiger partial charge in [-0.3, -0.25) is 4.79 Å². The van der Waals surface area contributed by atoms with Crippen LogP contribution < -0.4 is 4.74 Å². The van der Waals surface area contributed by atoms with Gasteiger partial charge in [0, 0.05) is 5.41 Å². The molecule has 0 aliphatic heterocycles. The van der Waals surface area contributed by atoms with Crippen LogP contribution >= 0.6 is 15.9 Å². The smallest absolute Gasteiger partial charge is 0.324 e. The van der Waals surface area contributed by atoms with E-state index in [9.17, 15) is 4.79 Å². The average molecular weight is 487 g/mol. The molecule has 32 heavy (non-hydrogen) atoms. The molecule has 2 atom stereocenters. The molecular formula is C27H23BrN2O2. The fourth-order valence-electron chi connectivity index (χ4n) is 5.98. The quantitative estimate of drug-likeness (QED) is 0.240. The highest BCUT2D eigenvalue weighted by Crippen LogP contribution is 2.70. The molecule has 0 saturated heterocycles. The molecule has 0 radical (unpaired) electrons. The predicted octanol–water partition coefficient (Wildman–Crippen LogP) is 6.48. The largest absolute Gasteiger partial charge is 0.425 e. The number of carbonyl (C=O) groups is 1. The molecule has 3 aromatic carbocycles. The minimum absolute atomic E-state index is 0.237. The summed E-state index contributed by atoms with van der Waals surface area (Å²) in [6.45, 7) is 6.57. The number of aromatic nitrogens is 2. The van der Waals surface area contributed by atoms with Gasteiger partial charge in [0.05, 0.1) is 26.9 Å². The van der Waals surface area contributed by atoms with Gasteiger partial charge >= 0.3 is 5.97 Å². The number of carbonyl (C=O) groups excluding carboxylic acids is 1. The second-order valence-electron chi connectivity index (χ2n) is 9.76. The highest BCUT2D eigenvalue weighted by Gasteiger charge is 2.74. The van der Waals surface area contributed by atoms with Crippen LogP contribution in [0.5, 0.6) is 5.75 Å². The summed E-state index contributed by atoms with van der Waals surface area (Å²) in [5.41, 5.74) is 1.98. The maximum absolute atomic E-state index is 14.0. The number of fused-ring (bicyclic) bond motifs is 7. The molecule has 1 aromatic heterocycles. The van der Waals surface area contributed by atoms with Crippen LogP contribution in [0.4, 0.5) is 0 Å². The fourth-order valence-corrected chi connectivity index (χ4v) is 6.55. The van der Waals surface area contributed by atoms with E-state index < -0.39 is 5.41 Å². The second-order valence-corrected chi connectivity index (χ2v) is 10.6. The molecule has 0 N–H and O–H groups in total. The van der Waals surface area contributed by atoms with Crippen molar-refractivity contribution in [1.82, 2.24) is 9.97 Å². The lowest BCUT2D eigenvalue weighted by molar-refractivity contribution is -0.145. The summed E-state index contributed by atoms with van der Waals surface area (Å²) in [6, 6.07) is 19.8. The van der Waals surface area contributed by atoms with Crippen LogP contribution in [0.3, 0.4) is 0 Å². The highest BCUT2D eigenvalue weighted by molar-refractivity contribution is 9.10. The summed E-state index contributed by atoms with van der Waals surface area (Å²) in [5.74, 6) is 0.292. The lowest BCUT2D eigenvalue weighted by Crippen LogP contribution is -2.48. The normalized spacial score (nSPS) is 25.2. The van der Waals surface area contributed by atoms with E-state index in [2.05, 4.69) is 36.7 Å². The van der Waals surface area contributed by atoms with Gasteiger partial charge in [-0.15, -0.1) is 0 Å². The summed E-state index contributed by atoms with van der Waals surface area (Å²) < 4.78 is 6.95. The van der Waals surface area contributed by atoms with Crippen molar-refractivity contribution >= 4 is 43.7 Å². The molecule has 4 nitrogen and oxygen atoms in total. The van der Waals surface area contributed by atoms with Crippen LogP contribution in [0.2, 0.25) is 0 Å². The minimum Gasteiger partial charge on any atom is -0.425 e. The Labute approximate surface area is 195 Å². The van der Waals surface area contributed by atoms with E-state index in [1.165, 1.54) is 0 Å². The van der Waals surface area contributed by atoms with Crippen molar-refractivity contribution < 1.29 is 9.53 Å². The monoisotopic (exact) mass is 486 g/mol. The number of esters is 1. The third-order valence-corrected chi connectivity index (χ3v) is 9.14. The lowest BCUT2D eigenvalue weighted by atomic mass is 9.64. The molecule has 0 amide bonds. The molecule has 2 bridgehead atoms. The summed E-state index contributed by atoms with van der Waals surface area (Å²) in [4.78, 5) is 24.1. The molecule has 0 spiro atoms. The molecule has 1 fully saturated rings. The Morgan fingerprint density at radius 1 is 0.875 bits per heavy atom. The molecule has 2 aliphatic carbocycles. The predicted molar refractivity (Wildman–Crippen MR) is 129 cm³/mol. The third-order valence-electron chi connectivity index (χ3n) is 8.32. The number of para-hydroxylation sites is 2. The van der Waals surface area contributed by atoms with E-state index in [0.29, 0.717) is 12.2 Å². The van der Waals surface area contributed by atoms with Gasteiger partial charge < -0.3 is 4.74 Å². The number of rotatable bonds is 2. The average Bonchev–Trinajstić information content (AvgIpc) is 3.09. The molecule has 160 valence electrons.